The van der Waals surface area contributed by atoms with Crippen molar-refractivity contribution in [2.75, 3.05) is 20.3 Å². The number of nitrogens with one attached hydrogen (secondary N) is 1. The van der Waals surface area contributed by atoms with E-state index in [0.717, 1.165) is 22.4 Å². The van der Waals surface area contributed by atoms with E-state index in [1.54, 1.807) is 11.8 Å². The average molecular weight is 350 g/mol. The first kappa shape index (κ1) is 17.8. The number of para-hydroxylation sites is 1. The Morgan fingerprint density at radius 1 is 1.12 bits per heavy atom. The minimum Gasteiger partial charge on any atom is -0.383 e. The summed E-state index contributed by atoms with van der Waals surface area (Å²) in [5, 5.41) is 7.24. The summed E-state index contributed by atoms with van der Waals surface area (Å²) in [6, 6.07) is 15.9. The van der Waals surface area contributed by atoms with Crippen LogP contribution in [0.2, 0.25) is 0 Å². The third-order valence-electron chi connectivity index (χ3n) is 4.06. The van der Waals surface area contributed by atoms with Crippen LogP contribution in [-0.4, -0.2) is 40.9 Å². The van der Waals surface area contributed by atoms with Crippen molar-refractivity contribution < 1.29 is 9.53 Å². The number of hydrogen-bond acceptors (Lipinski definition) is 4. The SMILES string of the molecule is COCCNC(=O)c1nc(-c2ccc(C)cc2)n(-c2ccccc2C)n1. The number of carbonyl (C=O) groups is 1. The van der Waals surface area contributed by atoms with Crippen molar-refractivity contribution in [1.29, 1.82) is 0 Å². The van der Waals surface area contributed by atoms with Crippen LogP contribution in [0.5, 0.6) is 0 Å². The van der Waals surface area contributed by atoms with Crippen molar-refractivity contribution in [2.24, 2.45) is 0 Å². The van der Waals surface area contributed by atoms with Crippen LogP contribution in [0.25, 0.3) is 17.1 Å². The third-order valence-corrected chi connectivity index (χ3v) is 4.06. The molecule has 1 aromatic heterocycles. The fourth-order valence-corrected chi connectivity index (χ4v) is 2.61. The minimum atomic E-state index is -0.317. The van der Waals surface area contributed by atoms with Crippen LogP contribution in [0.3, 0.4) is 0 Å². The summed E-state index contributed by atoms with van der Waals surface area (Å²) in [5.41, 5.74) is 4.01. The maximum Gasteiger partial charge on any atom is 0.291 e. The highest BCUT2D eigenvalue weighted by atomic mass is 16.5. The van der Waals surface area contributed by atoms with Crippen LogP contribution < -0.4 is 5.32 Å². The van der Waals surface area contributed by atoms with E-state index in [-0.39, 0.29) is 11.7 Å². The lowest BCUT2D eigenvalue weighted by Gasteiger charge is -2.08. The maximum atomic E-state index is 12.4. The van der Waals surface area contributed by atoms with Crippen LogP contribution in [0.15, 0.2) is 48.5 Å². The van der Waals surface area contributed by atoms with Crippen molar-refractivity contribution in [3.05, 3.63) is 65.5 Å². The summed E-state index contributed by atoms with van der Waals surface area (Å²) in [5.74, 6) is 0.457. The molecule has 2 aromatic carbocycles. The van der Waals surface area contributed by atoms with E-state index in [4.69, 9.17) is 4.74 Å². The fourth-order valence-electron chi connectivity index (χ4n) is 2.61. The molecule has 0 saturated carbocycles. The van der Waals surface area contributed by atoms with Gasteiger partial charge in [-0.15, -0.1) is 5.10 Å². The Kier molecular flexibility index (Phi) is 5.43. The first-order chi connectivity index (χ1) is 12.6. The van der Waals surface area contributed by atoms with Crippen LogP contribution in [0.1, 0.15) is 21.7 Å². The van der Waals surface area contributed by atoms with Gasteiger partial charge in [0.05, 0.1) is 12.3 Å². The lowest BCUT2D eigenvalue weighted by molar-refractivity contribution is 0.0927. The number of ether oxygens (including phenoxy) is 1. The van der Waals surface area contributed by atoms with E-state index in [2.05, 4.69) is 15.4 Å². The van der Waals surface area contributed by atoms with E-state index in [1.165, 1.54) is 0 Å². The number of rotatable bonds is 6. The van der Waals surface area contributed by atoms with Gasteiger partial charge in [-0.3, -0.25) is 4.79 Å². The fraction of sp³-hybridized carbons (Fsp3) is 0.250. The van der Waals surface area contributed by atoms with Gasteiger partial charge >= 0.3 is 0 Å². The summed E-state index contributed by atoms with van der Waals surface area (Å²) in [7, 11) is 1.59. The van der Waals surface area contributed by atoms with E-state index < -0.39 is 0 Å². The molecule has 6 nitrogen and oxygen atoms in total. The number of carbonyl (C=O) groups excluding carboxylic acids is 1. The van der Waals surface area contributed by atoms with Crippen LogP contribution in [0.4, 0.5) is 0 Å². The van der Waals surface area contributed by atoms with Crippen molar-refractivity contribution in [2.45, 2.75) is 13.8 Å². The van der Waals surface area contributed by atoms with Crippen molar-refractivity contribution in [3.8, 4) is 17.1 Å². The first-order valence-electron chi connectivity index (χ1n) is 8.47. The second kappa shape index (κ2) is 7.93. The van der Waals surface area contributed by atoms with Crippen LogP contribution in [0, 0.1) is 13.8 Å². The molecule has 0 radical (unpaired) electrons. The third kappa shape index (κ3) is 3.81. The number of amides is 1. The second-order valence-electron chi connectivity index (χ2n) is 6.07. The molecule has 3 rings (SSSR count). The number of aryl methyl sites for hydroxylation is 2. The number of nitrogens with zero attached hydrogens (tertiary/aromatic N) is 3. The van der Waals surface area contributed by atoms with Gasteiger partial charge in [-0.1, -0.05) is 48.0 Å². The Morgan fingerprint density at radius 3 is 2.54 bits per heavy atom. The molecule has 0 aliphatic rings. The van der Waals surface area contributed by atoms with Gasteiger partial charge in [0, 0.05) is 19.2 Å². The molecular weight excluding hydrogens is 328 g/mol. The minimum absolute atomic E-state index is 0.139. The first-order valence-corrected chi connectivity index (χ1v) is 8.47. The molecule has 0 aliphatic carbocycles. The Balaban J connectivity index is 2.04. The van der Waals surface area contributed by atoms with Gasteiger partial charge in [0.25, 0.3) is 5.91 Å². The molecule has 6 heteroatoms. The maximum absolute atomic E-state index is 12.4. The topological polar surface area (TPSA) is 69.0 Å². The van der Waals surface area contributed by atoms with Crippen molar-refractivity contribution >= 4 is 5.91 Å². The lowest BCUT2D eigenvalue weighted by Crippen LogP contribution is -2.28. The predicted octanol–water partition coefficient (Wildman–Crippen LogP) is 2.93. The highest BCUT2D eigenvalue weighted by Gasteiger charge is 2.19. The summed E-state index contributed by atoms with van der Waals surface area (Å²) in [4.78, 5) is 16.9. The van der Waals surface area contributed by atoms with Gasteiger partial charge in [0.2, 0.25) is 5.82 Å². The van der Waals surface area contributed by atoms with Crippen molar-refractivity contribution in [1.82, 2.24) is 20.1 Å². The normalized spacial score (nSPS) is 10.7. The molecule has 0 atom stereocenters. The molecule has 1 heterocycles. The van der Waals surface area contributed by atoms with E-state index >= 15 is 0 Å². The van der Waals surface area contributed by atoms with Crippen LogP contribution >= 0.6 is 0 Å². The Labute approximate surface area is 152 Å². The van der Waals surface area contributed by atoms with Crippen molar-refractivity contribution in [3.63, 3.8) is 0 Å². The number of benzene rings is 2. The number of methoxy groups -OCH3 is 1. The highest BCUT2D eigenvalue weighted by Crippen LogP contribution is 2.23. The molecule has 0 aliphatic heterocycles. The molecule has 0 saturated heterocycles. The number of aromatic nitrogens is 3. The quantitative estimate of drug-likeness (QED) is 0.694. The monoisotopic (exact) mass is 350 g/mol. The molecule has 26 heavy (non-hydrogen) atoms. The zero-order valence-electron chi connectivity index (χ0n) is 15.2. The molecule has 0 spiro atoms. The molecule has 0 unspecified atom stereocenters. The predicted molar refractivity (Wildman–Crippen MR) is 100 cm³/mol. The summed E-state index contributed by atoms with van der Waals surface area (Å²) in [6.45, 7) is 4.89. The summed E-state index contributed by atoms with van der Waals surface area (Å²) >= 11 is 0. The molecule has 0 fully saturated rings. The molecule has 1 amide bonds. The molecule has 1 N–H and O–H groups in total. The Morgan fingerprint density at radius 2 is 1.85 bits per heavy atom. The zero-order chi connectivity index (χ0) is 18.5. The van der Waals surface area contributed by atoms with Gasteiger partial charge in [-0.2, -0.15) is 0 Å². The summed E-state index contributed by atoms with van der Waals surface area (Å²) in [6.07, 6.45) is 0. The van der Waals surface area contributed by atoms with E-state index in [9.17, 15) is 4.79 Å². The standard InChI is InChI=1S/C20H22N4O2/c1-14-8-10-16(11-9-14)19-22-18(20(25)21-12-13-26-3)23-24(19)17-7-5-4-6-15(17)2/h4-11H,12-13H2,1-3H3,(H,21,25). The summed E-state index contributed by atoms with van der Waals surface area (Å²) < 4.78 is 6.69. The Hall–Kier alpha value is -2.99. The van der Waals surface area contributed by atoms with E-state index in [1.807, 2.05) is 62.4 Å². The van der Waals surface area contributed by atoms with Gasteiger partial charge in [0.15, 0.2) is 5.82 Å². The molecule has 0 bridgehead atoms. The van der Waals surface area contributed by atoms with Gasteiger partial charge in [-0.05, 0) is 25.5 Å². The molecule has 134 valence electrons. The zero-order valence-corrected chi connectivity index (χ0v) is 15.2. The van der Waals surface area contributed by atoms with Gasteiger partial charge in [-0.25, -0.2) is 9.67 Å². The van der Waals surface area contributed by atoms with Crippen LogP contribution in [-0.2, 0) is 4.74 Å². The van der Waals surface area contributed by atoms with E-state index in [0.29, 0.717) is 19.0 Å². The number of hydrogen-bond donors (Lipinski definition) is 1. The molecular formula is C20H22N4O2. The lowest BCUT2D eigenvalue weighted by atomic mass is 10.1. The van der Waals surface area contributed by atoms with Gasteiger partial charge < -0.3 is 10.1 Å². The largest absolute Gasteiger partial charge is 0.383 e. The smallest absolute Gasteiger partial charge is 0.291 e. The highest BCUT2D eigenvalue weighted by molar-refractivity contribution is 5.91. The van der Waals surface area contributed by atoms with Gasteiger partial charge in [0.1, 0.15) is 0 Å². The second-order valence-corrected chi connectivity index (χ2v) is 6.07. The Bertz CT molecular complexity index is 900. The average Bonchev–Trinajstić information content (AvgIpc) is 3.08. The molecule has 3 aromatic rings.